The molecule has 2 unspecified atom stereocenters. The number of hydrogen-bond acceptors (Lipinski definition) is 1. The van der Waals surface area contributed by atoms with E-state index >= 15 is 0 Å². The van der Waals surface area contributed by atoms with E-state index in [2.05, 4.69) is 26.5 Å². The first-order valence-corrected chi connectivity index (χ1v) is 5.07. The van der Waals surface area contributed by atoms with Crippen molar-refractivity contribution < 1.29 is 0 Å². The summed E-state index contributed by atoms with van der Waals surface area (Å²) in [7, 11) is 0. The molecule has 2 rings (SSSR count). The predicted octanol–water partition coefficient (Wildman–Crippen LogP) is 3.36. The van der Waals surface area contributed by atoms with Gasteiger partial charge in [-0.15, -0.1) is 18.3 Å². The average Bonchev–Trinajstić information content (AvgIpc) is 2.61. The Balaban J connectivity index is 2.25. The summed E-state index contributed by atoms with van der Waals surface area (Å²) in [5.74, 6) is 0.856. The van der Waals surface area contributed by atoms with Crippen molar-refractivity contribution >= 4 is 11.8 Å². The van der Waals surface area contributed by atoms with Gasteiger partial charge in [-0.2, -0.15) is 0 Å². The predicted molar refractivity (Wildman–Crippen MR) is 51.6 cm³/mol. The van der Waals surface area contributed by atoms with Gasteiger partial charge in [0.15, 0.2) is 0 Å². The molecule has 0 aromatic heterocycles. The van der Waals surface area contributed by atoms with Crippen LogP contribution in [-0.4, -0.2) is 4.75 Å². The van der Waals surface area contributed by atoms with Crippen LogP contribution >= 0.6 is 11.8 Å². The highest BCUT2D eigenvalue weighted by atomic mass is 32.2. The van der Waals surface area contributed by atoms with Crippen LogP contribution in [0.15, 0.2) is 23.1 Å². The van der Waals surface area contributed by atoms with Crippen molar-refractivity contribution in [2.24, 2.45) is 5.92 Å². The van der Waals surface area contributed by atoms with Crippen LogP contribution in [0.1, 0.15) is 26.7 Å². The van der Waals surface area contributed by atoms with Crippen LogP contribution in [0, 0.1) is 5.92 Å². The van der Waals surface area contributed by atoms with E-state index in [0.29, 0.717) is 4.75 Å². The van der Waals surface area contributed by atoms with Gasteiger partial charge in [-0.05, 0) is 24.7 Å². The zero-order valence-corrected chi connectivity index (χ0v) is 8.00. The quantitative estimate of drug-likeness (QED) is 0.567. The highest BCUT2D eigenvalue weighted by Gasteiger charge is 2.58. The molecule has 0 saturated heterocycles. The zero-order valence-electron chi connectivity index (χ0n) is 7.18. The van der Waals surface area contributed by atoms with E-state index < -0.39 is 0 Å². The number of thioether (sulfide) groups is 1. The summed E-state index contributed by atoms with van der Waals surface area (Å²) in [5, 5.41) is 0. The van der Waals surface area contributed by atoms with Crippen LogP contribution in [0.5, 0.6) is 0 Å². The molecule has 60 valence electrons. The van der Waals surface area contributed by atoms with Crippen molar-refractivity contribution in [2.45, 2.75) is 31.4 Å². The van der Waals surface area contributed by atoms with Crippen LogP contribution in [0.3, 0.4) is 0 Å². The first kappa shape index (κ1) is 7.48. The van der Waals surface area contributed by atoms with Crippen LogP contribution in [0.4, 0.5) is 0 Å². The average molecular weight is 166 g/mol. The Labute approximate surface area is 72.8 Å². The van der Waals surface area contributed by atoms with Crippen molar-refractivity contribution in [3.8, 4) is 0 Å². The zero-order chi connectivity index (χ0) is 8.06. The topological polar surface area (TPSA) is 0 Å². The normalized spacial score (nSPS) is 40.7. The smallest absolute Gasteiger partial charge is 0.0452 e. The summed E-state index contributed by atoms with van der Waals surface area (Å²) in [6.45, 7) is 8.42. The Morgan fingerprint density at radius 1 is 1.82 bits per heavy atom. The molecule has 1 saturated carbocycles. The van der Waals surface area contributed by atoms with Crippen molar-refractivity contribution in [1.29, 1.82) is 0 Å². The van der Waals surface area contributed by atoms with Crippen LogP contribution < -0.4 is 0 Å². The van der Waals surface area contributed by atoms with Gasteiger partial charge in [-0.3, -0.25) is 0 Å². The first-order valence-electron chi connectivity index (χ1n) is 4.25. The molecule has 1 aliphatic carbocycles. The molecule has 0 spiro atoms. The third-order valence-electron chi connectivity index (χ3n) is 2.90. The molecule has 1 heteroatoms. The third kappa shape index (κ3) is 0.837. The molecule has 0 nitrogen and oxygen atoms in total. The number of fused-ring (bicyclic) bond motifs is 1. The second-order valence-electron chi connectivity index (χ2n) is 3.45. The lowest BCUT2D eigenvalue weighted by Crippen LogP contribution is -1.95. The summed E-state index contributed by atoms with van der Waals surface area (Å²) in [4.78, 5) is 1.56. The number of hydrogen-bond donors (Lipinski definition) is 0. The SMILES string of the molecule is C=CC12CC1C(CC)=C(C)S2. The Kier molecular flexibility index (Phi) is 1.47. The number of rotatable bonds is 2. The van der Waals surface area contributed by atoms with Crippen molar-refractivity contribution in [2.75, 3.05) is 0 Å². The summed E-state index contributed by atoms with van der Waals surface area (Å²) in [5.41, 5.74) is 1.69. The van der Waals surface area contributed by atoms with E-state index in [-0.39, 0.29) is 0 Å². The molecule has 11 heavy (non-hydrogen) atoms. The molecular weight excluding hydrogens is 152 g/mol. The Hall–Kier alpha value is -0.170. The molecule has 2 aliphatic rings. The lowest BCUT2D eigenvalue weighted by atomic mass is 10.1. The molecule has 0 aromatic carbocycles. The van der Waals surface area contributed by atoms with Crippen LogP contribution in [0.2, 0.25) is 0 Å². The van der Waals surface area contributed by atoms with Gasteiger partial charge in [-0.25, -0.2) is 0 Å². The molecule has 1 heterocycles. The molecule has 0 bridgehead atoms. The van der Waals surface area contributed by atoms with E-state index in [1.54, 1.807) is 10.5 Å². The molecule has 1 fully saturated rings. The van der Waals surface area contributed by atoms with Gasteiger partial charge < -0.3 is 0 Å². The lowest BCUT2D eigenvalue weighted by Gasteiger charge is -2.03. The van der Waals surface area contributed by atoms with Crippen molar-refractivity contribution in [3.05, 3.63) is 23.1 Å². The summed E-state index contributed by atoms with van der Waals surface area (Å²) >= 11 is 2.04. The standard InChI is InChI=1S/C10H14S/c1-4-8-7(3)11-10(5-2)6-9(8)10/h5,9H,2,4,6H2,1,3H3. The van der Waals surface area contributed by atoms with Gasteiger partial charge in [-0.1, -0.05) is 18.6 Å². The minimum atomic E-state index is 0.454. The van der Waals surface area contributed by atoms with Crippen LogP contribution in [0.25, 0.3) is 0 Å². The van der Waals surface area contributed by atoms with Gasteiger partial charge in [0.05, 0.1) is 0 Å². The van der Waals surface area contributed by atoms with Crippen molar-refractivity contribution in [3.63, 3.8) is 0 Å². The first-order chi connectivity index (χ1) is 5.23. The fraction of sp³-hybridized carbons (Fsp3) is 0.600. The van der Waals surface area contributed by atoms with E-state index in [9.17, 15) is 0 Å². The van der Waals surface area contributed by atoms with Gasteiger partial charge in [0, 0.05) is 10.7 Å². The second-order valence-corrected chi connectivity index (χ2v) is 5.03. The fourth-order valence-corrected chi connectivity index (χ4v) is 3.76. The van der Waals surface area contributed by atoms with Crippen LogP contribution in [-0.2, 0) is 0 Å². The van der Waals surface area contributed by atoms with E-state index in [1.807, 2.05) is 11.8 Å². The van der Waals surface area contributed by atoms with Gasteiger partial charge >= 0.3 is 0 Å². The van der Waals surface area contributed by atoms with E-state index in [0.717, 1.165) is 5.92 Å². The molecular formula is C10H14S. The molecule has 1 aliphatic heterocycles. The minimum Gasteiger partial charge on any atom is -0.119 e. The molecule has 0 radical (unpaired) electrons. The molecule has 2 atom stereocenters. The van der Waals surface area contributed by atoms with Crippen molar-refractivity contribution in [1.82, 2.24) is 0 Å². The highest BCUT2D eigenvalue weighted by Crippen LogP contribution is 2.67. The Morgan fingerprint density at radius 2 is 2.55 bits per heavy atom. The maximum Gasteiger partial charge on any atom is 0.0452 e. The largest absolute Gasteiger partial charge is 0.119 e. The summed E-state index contributed by atoms with van der Waals surface area (Å²) in [6.07, 6.45) is 4.73. The third-order valence-corrected chi connectivity index (χ3v) is 4.46. The maximum absolute atomic E-state index is 3.91. The summed E-state index contributed by atoms with van der Waals surface area (Å²) in [6, 6.07) is 0. The van der Waals surface area contributed by atoms with Gasteiger partial charge in [0.2, 0.25) is 0 Å². The summed E-state index contributed by atoms with van der Waals surface area (Å²) < 4.78 is 0.454. The lowest BCUT2D eigenvalue weighted by molar-refractivity contribution is 0.892. The minimum absolute atomic E-state index is 0.454. The second kappa shape index (κ2) is 2.16. The van der Waals surface area contributed by atoms with E-state index in [4.69, 9.17) is 0 Å². The maximum atomic E-state index is 3.91. The monoisotopic (exact) mass is 166 g/mol. The Morgan fingerprint density at radius 3 is 2.91 bits per heavy atom. The fourth-order valence-electron chi connectivity index (χ4n) is 2.15. The van der Waals surface area contributed by atoms with Gasteiger partial charge in [0.1, 0.15) is 0 Å². The van der Waals surface area contributed by atoms with Gasteiger partial charge in [0.25, 0.3) is 0 Å². The Bertz CT molecular complexity index is 239. The highest BCUT2D eigenvalue weighted by molar-refractivity contribution is 8.05. The molecule has 0 amide bonds. The molecule has 0 aromatic rings. The number of allylic oxidation sites excluding steroid dienone is 2. The van der Waals surface area contributed by atoms with E-state index in [1.165, 1.54) is 12.8 Å². The molecule has 0 N–H and O–H groups in total.